The minimum Gasteiger partial charge on any atom is -0.493 e. The zero-order valence-corrected chi connectivity index (χ0v) is 23.1. The lowest BCUT2D eigenvalue weighted by Gasteiger charge is -2.21. The fourth-order valence-electron chi connectivity index (χ4n) is 4.52. The van der Waals surface area contributed by atoms with Gasteiger partial charge < -0.3 is 28.4 Å². The van der Waals surface area contributed by atoms with Crippen LogP contribution in [0.25, 0.3) is 11.1 Å². The predicted octanol–water partition coefficient (Wildman–Crippen LogP) is 6.67. The number of rotatable bonds is 17. The topological polar surface area (TPSA) is 55.4 Å². The highest BCUT2D eigenvalue weighted by Crippen LogP contribution is 2.46. The third-order valence-electron chi connectivity index (χ3n) is 6.29. The van der Waals surface area contributed by atoms with Gasteiger partial charge in [-0.3, -0.25) is 0 Å². The van der Waals surface area contributed by atoms with E-state index in [0.717, 1.165) is 48.1 Å². The third-order valence-corrected chi connectivity index (χ3v) is 6.29. The molecule has 0 aliphatic carbocycles. The highest BCUT2D eigenvalue weighted by Gasteiger charge is 2.22. The van der Waals surface area contributed by atoms with Crippen molar-refractivity contribution in [2.24, 2.45) is 0 Å². The van der Waals surface area contributed by atoms with Crippen LogP contribution in [0, 0.1) is 0 Å². The highest BCUT2D eigenvalue weighted by atomic mass is 16.5. The summed E-state index contributed by atoms with van der Waals surface area (Å²) in [6, 6.07) is 18.4. The molecule has 0 atom stereocenters. The lowest BCUT2D eigenvalue weighted by molar-refractivity contribution is 0.118. The van der Waals surface area contributed by atoms with Gasteiger partial charge in [0.15, 0.2) is 23.0 Å². The van der Waals surface area contributed by atoms with E-state index in [0.29, 0.717) is 43.7 Å². The van der Waals surface area contributed by atoms with Gasteiger partial charge >= 0.3 is 0 Å². The normalized spacial score (nSPS) is 10.7. The molecule has 3 aromatic rings. The first-order valence-corrected chi connectivity index (χ1v) is 13.0. The molecule has 0 aliphatic rings. The Bertz CT molecular complexity index is 1140. The fourth-order valence-corrected chi connectivity index (χ4v) is 4.52. The summed E-state index contributed by atoms with van der Waals surface area (Å²) < 4.78 is 34.5. The Kier molecular flexibility index (Phi) is 12.0. The third kappa shape index (κ3) is 7.76. The molecule has 0 aromatic heterocycles. The van der Waals surface area contributed by atoms with Gasteiger partial charge in [0.05, 0.1) is 41.7 Å². The quantitative estimate of drug-likeness (QED) is 0.146. The van der Waals surface area contributed by atoms with Crippen LogP contribution in [-0.4, -0.2) is 48.3 Å². The van der Waals surface area contributed by atoms with Gasteiger partial charge in [-0.15, -0.1) is 6.58 Å². The van der Waals surface area contributed by atoms with Gasteiger partial charge in [-0.1, -0.05) is 48.5 Å². The molecule has 0 fully saturated rings. The van der Waals surface area contributed by atoms with E-state index >= 15 is 0 Å². The SMILES string of the molecule is C=CCOCCCc1cc(CCCOCc2ccccc2)c(-c2ccc(OC)c(OC)c2)c(OC)c1OC. The lowest BCUT2D eigenvalue weighted by atomic mass is 9.91. The Hall–Kier alpha value is -3.48. The average Bonchev–Trinajstić information content (AvgIpc) is 2.96. The van der Waals surface area contributed by atoms with Gasteiger partial charge in [0.25, 0.3) is 0 Å². The molecule has 3 rings (SSSR count). The second kappa shape index (κ2) is 15.7. The van der Waals surface area contributed by atoms with E-state index in [1.165, 1.54) is 11.1 Å². The van der Waals surface area contributed by atoms with Crippen LogP contribution in [0.4, 0.5) is 0 Å². The van der Waals surface area contributed by atoms with E-state index in [-0.39, 0.29) is 0 Å². The molecule has 0 saturated carbocycles. The van der Waals surface area contributed by atoms with Crippen LogP contribution >= 0.6 is 0 Å². The summed E-state index contributed by atoms with van der Waals surface area (Å²) in [6.07, 6.45) is 5.12. The van der Waals surface area contributed by atoms with E-state index in [4.69, 9.17) is 28.4 Å². The molecule has 38 heavy (non-hydrogen) atoms. The molecule has 0 heterocycles. The van der Waals surface area contributed by atoms with Gasteiger partial charge in [-0.05, 0) is 60.1 Å². The summed E-state index contributed by atoms with van der Waals surface area (Å²) >= 11 is 0. The molecule has 204 valence electrons. The first-order chi connectivity index (χ1) is 18.7. The van der Waals surface area contributed by atoms with Gasteiger partial charge in [-0.2, -0.15) is 0 Å². The van der Waals surface area contributed by atoms with Crippen molar-refractivity contribution in [2.45, 2.75) is 32.3 Å². The van der Waals surface area contributed by atoms with Crippen LogP contribution in [0.3, 0.4) is 0 Å². The summed E-state index contributed by atoms with van der Waals surface area (Å²) in [5, 5.41) is 0. The van der Waals surface area contributed by atoms with Crippen LogP contribution in [-0.2, 0) is 28.9 Å². The Morgan fingerprint density at radius 2 is 1.37 bits per heavy atom. The highest BCUT2D eigenvalue weighted by molar-refractivity contribution is 5.80. The zero-order chi connectivity index (χ0) is 27.2. The molecule has 6 heteroatoms. The van der Waals surface area contributed by atoms with E-state index < -0.39 is 0 Å². The maximum atomic E-state index is 5.99. The summed E-state index contributed by atoms with van der Waals surface area (Å²) in [5.41, 5.74) is 5.39. The second-order valence-corrected chi connectivity index (χ2v) is 8.81. The standard InChI is InChI=1S/C32H40O6/c1-6-18-37-19-11-15-27-21-25(14-10-20-38-23-24-12-8-7-9-13-24)30(32(36-5)31(27)35-4)26-16-17-28(33-2)29(22-26)34-3/h6-9,12-13,16-17,21-22H,1,10-11,14-15,18-20,23H2,2-5H3. The molecule has 3 aromatic carbocycles. The van der Waals surface area contributed by atoms with E-state index in [2.05, 4.69) is 24.8 Å². The summed E-state index contributed by atoms with van der Waals surface area (Å²) in [5.74, 6) is 2.79. The zero-order valence-electron chi connectivity index (χ0n) is 23.1. The molecule has 0 unspecified atom stereocenters. The number of hydrogen-bond donors (Lipinski definition) is 0. The van der Waals surface area contributed by atoms with Crippen LogP contribution in [0.2, 0.25) is 0 Å². The van der Waals surface area contributed by atoms with Crippen molar-refractivity contribution >= 4 is 0 Å². The summed E-state index contributed by atoms with van der Waals surface area (Å²) in [4.78, 5) is 0. The molecular formula is C32H40O6. The van der Waals surface area contributed by atoms with Gasteiger partial charge in [0.2, 0.25) is 0 Å². The Morgan fingerprint density at radius 3 is 2.03 bits per heavy atom. The van der Waals surface area contributed by atoms with Gasteiger partial charge in [0.1, 0.15) is 0 Å². The summed E-state index contributed by atoms with van der Waals surface area (Å²) in [6.45, 7) is 6.16. The maximum absolute atomic E-state index is 5.99. The fraction of sp³-hybridized carbons (Fsp3) is 0.375. The smallest absolute Gasteiger partial charge is 0.169 e. The number of hydrogen-bond acceptors (Lipinski definition) is 6. The Morgan fingerprint density at radius 1 is 0.684 bits per heavy atom. The minimum absolute atomic E-state index is 0.549. The predicted molar refractivity (Wildman–Crippen MR) is 152 cm³/mol. The summed E-state index contributed by atoms with van der Waals surface area (Å²) in [7, 11) is 6.65. The minimum atomic E-state index is 0.549. The molecule has 0 radical (unpaired) electrons. The van der Waals surface area contributed by atoms with Crippen molar-refractivity contribution in [2.75, 3.05) is 48.3 Å². The largest absolute Gasteiger partial charge is 0.493 e. The molecule has 0 N–H and O–H groups in total. The Balaban J connectivity index is 1.91. The second-order valence-electron chi connectivity index (χ2n) is 8.81. The number of benzene rings is 3. The van der Waals surface area contributed by atoms with Crippen molar-refractivity contribution in [1.82, 2.24) is 0 Å². The molecule has 0 amide bonds. The van der Waals surface area contributed by atoms with Gasteiger partial charge in [0, 0.05) is 18.8 Å². The number of ether oxygens (including phenoxy) is 6. The first-order valence-electron chi connectivity index (χ1n) is 13.0. The van der Waals surface area contributed by atoms with Gasteiger partial charge in [-0.25, -0.2) is 0 Å². The van der Waals surface area contributed by atoms with Crippen molar-refractivity contribution in [1.29, 1.82) is 0 Å². The number of aryl methyl sites for hydroxylation is 2. The van der Waals surface area contributed by atoms with Crippen LogP contribution in [0.1, 0.15) is 29.5 Å². The lowest BCUT2D eigenvalue weighted by Crippen LogP contribution is -2.05. The van der Waals surface area contributed by atoms with Crippen molar-refractivity contribution in [3.8, 4) is 34.1 Å². The first kappa shape index (κ1) is 29.1. The van der Waals surface area contributed by atoms with Crippen molar-refractivity contribution in [3.63, 3.8) is 0 Å². The molecule has 6 nitrogen and oxygen atoms in total. The van der Waals surface area contributed by atoms with E-state index in [1.54, 1.807) is 34.5 Å². The van der Waals surface area contributed by atoms with E-state index in [1.807, 2.05) is 36.4 Å². The molecule has 0 aliphatic heterocycles. The monoisotopic (exact) mass is 520 g/mol. The Labute approximate surface area is 227 Å². The molecule has 0 bridgehead atoms. The molecule has 0 spiro atoms. The van der Waals surface area contributed by atoms with Crippen molar-refractivity contribution < 1.29 is 28.4 Å². The van der Waals surface area contributed by atoms with Crippen LogP contribution in [0.5, 0.6) is 23.0 Å². The maximum Gasteiger partial charge on any atom is 0.169 e. The van der Waals surface area contributed by atoms with Crippen molar-refractivity contribution in [3.05, 3.63) is 83.9 Å². The molecule has 0 saturated heterocycles. The number of methoxy groups -OCH3 is 4. The molecular weight excluding hydrogens is 480 g/mol. The average molecular weight is 521 g/mol. The van der Waals surface area contributed by atoms with E-state index in [9.17, 15) is 0 Å². The van der Waals surface area contributed by atoms with Crippen LogP contribution in [0.15, 0.2) is 67.3 Å². The van der Waals surface area contributed by atoms with Crippen LogP contribution < -0.4 is 18.9 Å².